The molecule has 1 heterocycles. The number of hydrogen-bond donors (Lipinski definition) is 2. The lowest BCUT2D eigenvalue weighted by Gasteiger charge is -2.10. The quantitative estimate of drug-likeness (QED) is 0.881. The highest BCUT2D eigenvalue weighted by atomic mass is 32.1. The van der Waals surface area contributed by atoms with E-state index in [-0.39, 0.29) is 5.91 Å². The molecule has 0 fully saturated rings. The van der Waals surface area contributed by atoms with E-state index in [1.165, 1.54) is 6.20 Å². The van der Waals surface area contributed by atoms with Crippen LogP contribution in [0.4, 0.5) is 10.7 Å². The SMILES string of the molecule is CCCNc1ccc(C(=O)Nc2cnns2)cc1C. The van der Waals surface area contributed by atoms with Crippen LogP contribution < -0.4 is 10.6 Å². The van der Waals surface area contributed by atoms with Crippen molar-refractivity contribution in [1.29, 1.82) is 0 Å². The molecule has 0 saturated carbocycles. The molecule has 19 heavy (non-hydrogen) atoms. The molecule has 0 spiro atoms. The molecule has 2 N–H and O–H groups in total. The van der Waals surface area contributed by atoms with Gasteiger partial charge in [0.05, 0.1) is 6.20 Å². The number of carbonyl (C=O) groups excluding carboxylic acids is 1. The number of nitrogens with one attached hydrogen (secondary N) is 2. The van der Waals surface area contributed by atoms with E-state index in [1.54, 1.807) is 0 Å². The maximum atomic E-state index is 12.0. The maximum absolute atomic E-state index is 12.0. The van der Waals surface area contributed by atoms with Crippen molar-refractivity contribution in [3.63, 3.8) is 0 Å². The molecular weight excluding hydrogens is 260 g/mol. The van der Waals surface area contributed by atoms with Gasteiger partial charge < -0.3 is 10.6 Å². The molecule has 1 aromatic carbocycles. The first-order valence-electron chi connectivity index (χ1n) is 6.14. The Labute approximate surface area is 116 Å². The Balaban J connectivity index is 2.08. The van der Waals surface area contributed by atoms with Gasteiger partial charge in [-0.25, -0.2) is 0 Å². The summed E-state index contributed by atoms with van der Waals surface area (Å²) < 4.78 is 3.70. The fourth-order valence-electron chi connectivity index (χ4n) is 1.67. The molecule has 2 rings (SSSR count). The van der Waals surface area contributed by atoms with Gasteiger partial charge in [-0.1, -0.05) is 11.4 Å². The zero-order valence-electron chi connectivity index (χ0n) is 10.9. The smallest absolute Gasteiger partial charge is 0.256 e. The van der Waals surface area contributed by atoms with Crippen molar-refractivity contribution in [2.24, 2.45) is 0 Å². The molecule has 0 aliphatic heterocycles. The van der Waals surface area contributed by atoms with Crippen LogP contribution >= 0.6 is 11.5 Å². The largest absolute Gasteiger partial charge is 0.385 e. The normalized spacial score (nSPS) is 10.2. The van der Waals surface area contributed by atoms with Crippen LogP contribution in [0.5, 0.6) is 0 Å². The minimum Gasteiger partial charge on any atom is -0.385 e. The van der Waals surface area contributed by atoms with E-state index in [0.717, 1.165) is 35.7 Å². The summed E-state index contributed by atoms with van der Waals surface area (Å²) >= 11 is 1.16. The van der Waals surface area contributed by atoms with Crippen LogP contribution in [0.3, 0.4) is 0 Å². The Morgan fingerprint density at radius 3 is 2.89 bits per heavy atom. The Bertz CT molecular complexity index is 554. The second-order valence-corrected chi connectivity index (χ2v) is 4.98. The summed E-state index contributed by atoms with van der Waals surface area (Å²) in [5.41, 5.74) is 2.76. The lowest BCUT2D eigenvalue weighted by atomic mass is 10.1. The van der Waals surface area contributed by atoms with Crippen LogP contribution in [-0.2, 0) is 0 Å². The number of amides is 1. The monoisotopic (exact) mass is 276 g/mol. The topological polar surface area (TPSA) is 66.9 Å². The molecule has 6 heteroatoms. The van der Waals surface area contributed by atoms with Crippen LogP contribution in [0.1, 0.15) is 29.3 Å². The number of nitrogens with zero attached hydrogens (tertiary/aromatic N) is 2. The Morgan fingerprint density at radius 2 is 2.26 bits per heavy atom. The van der Waals surface area contributed by atoms with Gasteiger partial charge in [-0.15, -0.1) is 5.10 Å². The first-order valence-corrected chi connectivity index (χ1v) is 6.91. The van der Waals surface area contributed by atoms with Crippen molar-refractivity contribution in [3.05, 3.63) is 35.5 Å². The molecule has 100 valence electrons. The van der Waals surface area contributed by atoms with E-state index in [1.807, 2.05) is 25.1 Å². The average Bonchev–Trinajstić information content (AvgIpc) is 2.90. The fraction of sp³-hybridized carbons (Fsp3) is 0.308. The molecule has 1 amide bonds. The number of aryl methyl sites for hydroxylation is 1. The van der Waals surface area contributed by atoms with Gasteiger partial charge in [0, 0.05) is 29.3 Å². The third-order valence-corrected chi connectivity index (χ3v) is 3.23. The predicted octanol–water partition coefficient (Wildman–Crippen LogP) is 2.92. The average molecular weight is 276 g/mol. The number of rotatable bonds is 5. The highest BCUT2D eigenvalue weighted by Gasteiger charge is 2.09. The van der Waals surface area contributed by atoms with Crippen LogP contribution in [-0.4, -0.2) is 22.0 Å². The van der Waals surface area contributed by atoms with E-state index in [9.17, 15) is 4.79 Å². The first-order chi connectivity index (χ1) is 9.20. The van der Waals surface area contributed by atoms with Gasteiger partial charge in [-0.2, -0.15) is 0 Å². The molecule has 0 bridgehead atoms. The summed E-state index contributed by atoms with van der Waals surface area (Å²) in [6, 6.07) is 5.63. The molecular formula is C13H16N4OS. The highest BCUT2D eigenvalue weighted by Crippen LogP contribution is 2.18. The summed E-state index contributed by atoms with van der Waals surface area (Å²) in [7, 11) is 0. The molecule has 0 aliphatic carbocycles. The molecule has 0 aliphatic rings. The number of hydrogen-bond acceptors (Lipinski definition) is 5. The van der Waals surface area contributed by atoms with Crippen molar-refractivity contribution < 1.29 is 4.79 Å². The lowest BCUT2D eigenvalue weighted by molar-refractivity contribution is 0.102. The number of benzene rings is 1. The van der Waals surface area contributed by atoms with Crippen molar-refractivity contribution >= 4 is 28.1 Å². The Morgan fingerprint density at radius 1 is 1.42 bits per heavy atom. The third kappa shape index (κ3) is 3.51. The van der Waals surface area contributed by atoms with Gasteiger partial charge in [0.2, 0.25) is 0 Å². The number of anilines is 2. The van der Waals surface area contributed by atoms with Crippen LogP contribution in [0.2, 0.25) is 0 Å². The summed E-state index contributed by atoms with van der Waals surface area (Å²) in [6.45, 7) is 5.04. The zero-order chi connectivity index (χ0) is 13.7. The summed E-state index contributed by atoms with van der Waals surface area (Å²) in [6.07, 6.45) is 2.60. The van der Waals surface area contributed by atoms with Gasteiger partial charge in [-0.05, 0) is 37.1 Å². The van der Waals surface area contributed by atoms with Gasteiger partial charge in [-0.3, -0.25) is 4.79 Å². The van der Waals surface area contributed by atoms with Crippen LogP contribution in [0.25, 0.3) is 0 Å². The highest BCUT2D eigenvalue weighted by molar-refractivity contribution is 7.10. The van der Waals surface area contributed by atoms with Crippen molar-refractivity contribution in [2.45, 2.75) is 20.3 Å². The van der Waals surface area contributed by atoms with Crippen LogP contribution in [0, 0.1) is 6.92 Å². The van der Waals surface area contributed by atoms with Crippen molar-refractivity contribution in [3.8, 4) is 0 Å². The third-order valence-electron chi connectivity index (χ3n) is 2.65. The van der Waals surface area contributed by atoms with Crippen molar-refractivity contribution in [1.82, 2.24) is 9.59 Å². The van der Waals surface area contributed by atoms with Gasteiger partial charge in [0.25, 0.3) is 5.91 Å². The number of aromatic nitrogens is 2. The second kappa shape index (κ2) is 6.29. The van der Waals surface area contributed by atoms with E-state index < -0.39 is 0 Å². The van der Waals surface area contributed by atoms with E-state index in [0.29, 0.717) is 10.6 Å². The van der Waals surface area contributed by atoms with Gasteiger partial charge >= 0.3 is 0 Å². The standard InChI is InChI=1S/C13H16N4OS/c1-3-6-14-11-5-4-10(7-9(11)2)13(18)16-12-8-15-17-19-12/h4-5,7-8,14H,3,6H2,1-2H3,(H,16,18). The molecule has 5 nitrogen and oxygen atoms in total. The minimum absolute atomic E-state index is 0.142. The van der Waals surface area contributed by atoms with Gasteiger partial charge in [0.1, 0.15) is 5.00 Å². The van der Waals surface area contributed by atoms with Crippen molar-refractivity contribution in [2.75, 3.05) is 17.2 Å². The van der Waals surface area contributed by atoms with E-state index >= 15 is 0 Å². The first kappa shape index (κ1) is 13.5. The molecule has 2 aromatic rings. The summed E-state index contributed by atoms with van der Waals surface area (Å²) in [4.78, 5) is 12.0. The molecule has 1 aromatic heterocycles. The van der Waals surface area contributed by atoms with Gasteiger partial charge in [0.15, 0.2) is 0 Å². The lowest BCUT2D eigenvalue weighted by Crippen LogP contribution is -2.11. The molecule has 0 radical (unpaired) electrons. The predicted molar refractivity (Wildman–Crippen MR) is 77.8 cm³/mol. The molecule has 0 atom stereocenters. The second-order valence-electron chi connectivity index (χ2n) is 4.19. The van der Waals surface area contributed by atoms with E-state index in [2.05, 4.69) is 27.1 Å². The van der Waals surface area contributed by atoms with Crippen LogP contribution in [0.15, 0.2) is 24.4 Å². The number of carbonyl (C=O) groups is 1. The summed E-state index contributed by atoms with van der Waals surface area (Å²) in [5.74, 6) is -0.142. The van der Waals surface area contributed by atoms with E-state index in [4.69, 9.17) is 0 Å². The Kier molecular flexibility index (Phi) is 4.46. The molecule has 0 saturated heterocycles. The Hall–Kier alpha value is -1.95. The fourth-order valence-corrected chi connectivity index (χ4v) is 2.08. The minimum atomic E-state index is -0.142. The summed E-state index contributed by atoms with van der Waals surface area (Å²) in [5, 5.41) is 10.4. The molecule has 0 unspecified atom stereocenters. The maximum Gasteiger partial charge on any atom is 0.256 e. The zero-order valence-corrected chi connectivity index (χ0v) is 11.8.